The lowest BCUT2D eigenvalue weighted by atomic mass is 10.00. The summed E-state index contributed by atoms with van der Waals surface area (Å²) in [5.74, 6) is 0. The van der Waals surface area contributed by atoms with E-state index in [2.05, 4.69) is 170 Å². The molecular formula is C38H32N2. The van der Waals surface area contributed by atoms with Crippen LogP contribution in [-0.2, 0) is 0 Å². The molecule has 5 aromatic carbocycles. The highest BCUT2D eigenvalue weighted by molar-refractivity contribution is 5.87. The predicted molar refractivity (Wildman–Crippen MR) is 172 cm³/mol. The van der Waals surface area contributed by atoms with Gasteiger partial charge in [-0.1, -0.05) is 109 Å². The van der Waals surface area contributed by atoms with E-state index in [1.807, 2.05) is 6.08 Å². The first-order valence-corrected chi connectivity index (χ1v) is 13.6. The third kappa shape index (κ3) is 5.00. The largest absolute Gasteiger partial charge is 0.344 e. The second-order valence-electron chi connectivity index (χ2n) is 10.2. The average Bonchev–Trinajstić information content (AvgIpc) is 3.00. The Hall–Kier alpha value is -5.08. The fraction of sp³-hybridized carbons (Fsp3) is 0.0526. The minimum absolute atomic E-state index is 1.00. The van der Waals surface area contributed by atoms with E-state index in [0.717, 1.165) is 28.2 Å². The molecule has 0 N–H and O–H groups in total. The molecule has 0 saturated carbocycles. The average molecular weight is 517 g/mol. The summed E-state index contributed by atoms with van der Waals surface area (Å²) in [6.45, 7) is 6.40. The van der Waals surface area contributed by atoms with Crippen molar-refractivity contribution >= 4 is 28.3 Å². The van der Waals surface area contributed by atoms with Crippen molar-refractivity contribution in [3.8, 4) is 22.3 Å². The molecule has 1 heterocycles. The van der Waals surface area contributed by atoms with Crippen LogP contribution in [0.2, 0.25) is 0 Å². The lowest BCUT2D eigenvalue weighted by Gasteiger charge is -2.26. The van der Waals surface area contributed by atoms with Gasteiger partial charge in [0.25, 0.3) is 0 Å². The van der Waals surface area contributed by atoms with Gasteiger partial charge in [-0.2, -0.15) is 0 Å². The number of hydrogen-bond donors (Lipinski definition) is 0. The second-order valence-corrected chi connectivity index (χ2v) is 10.2. The molecule has 1 aliphatic heterocycles. The molecule has 1 aliphatic rings. The monoisotopic (exact) mass is 516 g/mol. The van der Waals surface area contributed by atoms with Gasteiger partial charge in [-0.05, 0) is 71.7 Å². The highest BCUT2D eigenvalue weighted by Crippen LogP contribution is 2.38. The van der Waals surface area contributed by atoms with Gasteiger partial charge in [0.05, 0.1) is 5.69 Å². The summed E-state index contributed by atoms with van der Waals surface area (Å²) < 4.78 is 0. The molecule has 40 heavy (non-hydrogen) atoms. The molecule has 0 unspecified atom stereocenters. The van der Waals surface area contributed by atoms with Crippen LogP contribution in [0.1, 0.15) is 11.1 Å². The first kappa shape index (κ1) is 25.2. The summed E-state index contributed by atoms with van der Waals surface area (Å²) in [6, 6.07) is 43.3. The summed E-state index contributed by atoms with van der Waals surface area (Å²) in [6.07, 6.45) is 8.28. The number of allylic oxidation sites excluding steroid dienone is 4. The molecule has 0 radical (unpaired) electrons. The molecule has 0 fully saturated rings. The molecule has 0 aliphatic carbocycles. The zero-order chi connectivity index (χ0) is 27.5. The van der Waals surface area contributed by atoms with E-state index in [1.54, 1.807) is 0 Å². The number of benzene rings is 5. The van der Waals surface area contributed by atoms with Gasteiger partial charge in [-0.25, -0.2) is 0 Å². The summed E-state index contributed by atoms with van der Waals surface area (Å²) >= 11 is 0. The van der Waals surface area contributed by atoms with Gasteiger partial charge < -0.3 is 9.80 Å². The molecule has 5 aromatic rings. The van der Waals surface area contributed by atoms with Crippen LogP contribution >= 0.6 is 0 Å². The summed E-state index contributed by atoms with van der Waals surface area (Å²) in [5, 5.41) is 0. The molecule has 2 heteroatoms. The van der Waals surface area contributed by atoms with Gasteiger partial charge in [-0.15, -0.1) is 0 Å². The molecule has 0 amide bonds. The smallest absolute Gasteiger partial charge is 0.0533 e. The number of hydrogen-bond acceptors (Lipinski definition) is 2. The van der Waals surface area contributed by atoms with Crippen LogP contribution in [0.3, 0.4) is 0 Å². The lowest BCUT2D eigenvalue weighted by molar-refractivity contribution is 1.21. The lowest BCUT2D eigenvalue weighted by Crippen LogP contribution is -2.11. The summed E-state index contributed by atoms with van der Waals surface area (Å²) in [7, 11) is 2.14. The fourth-order valence-corrected chi connectivity index (χ4v) is 5.27. The summed E-state index contributed by atoms with van der Waals surface area (Å²) in [4.78, 5) is 4.51. The van der Waals surface area contributed by atoms with Crippen molar-refractivity contribution in [2.24, 2.45) is 0 Å². The maximum Gasteiger partial charge on any atom is 0.0533 e. The Morgan fingerprint density at radius 1 is 0.625 bits per heavy atom. The van der Waals surface area contributed by atoms with E-state index in [0.29, 0.717) is 0 Å². The van der Waals surface area contributed by atoms with Crippen molar-refractivity contribution < 1.29 is 0 Å². The van der Waals surface area contributed by atoms with Crippen molar-refractivity contribution in [3.63, 3.8) is 0 Å². The third-order valence-corrected chi connectivity index (χ3v) is 7.47. The predicted octanol–water partition coefficient (Wildman–Crippen LogP) is 10.3. The van der Waals surface area contributed by atoms with Crippen molar-refractivity contribution in [3.05, 3.63) is 163 Å². The van der Waals surface area contributed by atoms with Crippen LogP contribution in [0.25, 0.3) is 27.8 Å². The van der Waals surface area contributed by atoms with Crippen LogP contribution in [0.5, 0.6) is 0 Å². The number of nitrogens with zero attached hydrogens (tertiary/aromatic N) is 2. The van der Waals surface area contributed by atoms with E-state index in [4.69, 9.17) is 0 Å². The zero-order valence-corrected chi connectivity index (χ0v) is 23.0. The SMILES string of the molecule is C=C1/C=C\C=C/N(c2cccc(-c3cccc(N(C)c4ccccc4-c4ccc(C)cc4)c3)c2)c2ccccc21. The Morgan fingerprint density at radius 2 is 1.32 bits per heavy atom. The maximum absolute atomic E-state index is 4.28. The molecule has 0 bridgehead atoms. The van der Waals surface area contributed by atoms with Crippen LogP contribution in [0.4, 0.5) is 22.7 Å². The van der Waals surface area contributed by atoms with Crippen molar-refractivity contribution in [1.82, 2.24) is 0 Å². The first-order chi connectivity index (χ1) is 19.6. The van der Waals surface area contributed by atoms with Crippen molar-refractivity contribution in [2.75, 3.05) is 16.8 Å². The molecule has 0 saturated heterocycles. The van der Waals surface area contributed by atoms with Gasteiger partial charge >= 0.3 is 0 Å². The number of anilines is 4. The second kappa shape index (κ2) is 11.0. The van der Waals surface area contributed by atoms with E-state index in [-0.39, 0.29) is 0 Å². The van der Waals surface area contributed by atoms with E-state index in [9.17, 15) is 0 Å². The zero-order valence-electron chi connectivity index (χ0n) is 23.0. The Morgan fingerprint density at radius 3 is 2.15 bits per heavy atom. The Labute approximate surface area is 237 Å². The Balaban J connectivity index is 1.36. The van der Waals surface area contributed by atoms with Gasteiger partial charge in [0, 0.05) is 41.4 Å². The maximum atomic E-state index is 4.28. The third-order valence-electron chi connectivity index (χ3n) is 7.47. The highest BCUT2D eigenvalue weighted by atomic mass is 15.1. The molecule has 0 spiro atoms. The topological polar surface area (TPSA) is 6.48 Å². The van der Waals surface area contributed by atoms with Gasteiger partial charge in [-0.3, -0.25) is 0 Å². The van der Waals surface area contributed by atoms with Crippen LogP contribution in [0, 0.1) is 6.92 Å². The van der Waals surface area contributed by atoms with Gasteiger partial charge in [0.2, 0.25) is 0 Å². The van der Waals surface area contributed by atoms with Gasteiger partial charge in [0.15, 0.2) is 0 Å². The van der Waals surface area contributed by atoms with Crippen LogP contribution in [0.15, 0.2) is 152 Å². The number of para-hydroxylation sites is 2. The molecule has 0 aromatic heterocycles. The summed E-state index contributed by atoms with van der Waals surface area (Å²) in [5.41, 5.74) is 12.7. The Bertz CT molecular complexity index is 1740. The molecule has 6 rings (SSSR count). The quantitative estimate of drug-likeness (QED) is 0.229. The minimum Gasteiger partial charge on any atom is -0.344 e. The molecule has 0 atom stereocenters. The normalized spacial score (nSPS) is 14.2. The van der Waals surface area contributed by atoms with E-state index >= 15 is 0 Å². The molecule has 2 nitrogen and oxygen atoms in total. The minimum atomic E-state index is 1.00. The van der Waals surface area contributed by atoms with Crippen LogP contribution < -0.4 is 9.80 Å². The van der Waals surface area contributed by atoms with Gasteiger partial charge in [0.1, 0.15) is 0 Å². The highest BCUT2D eigenvalue weighted by Gasteiger charge is 2.15. The molecular weight excluding hydrogens is 484 g/mol. The van der Waals surface area contributed by atoms with E-state index in [1.165, 1.54) is 33.5 Å². The van der Waals surface area contributed by atoms with E-state index < -0.39 is 0 Å². The van der Waals surface area contributed by atoms with Crippen molar-refractivity contribution in [1.29, 1.82) is 0 Å². The van der Waals surface area contributed by atoms with Crippen LogP contribution in [-0.4, -0.2) is 7.05 Å². The Kier molecular flexibility index (Phi) is 6.91. The first-order valence-electron chi connectivity index (χ1n) is 13.6. The number of aryl methyl sites for hydroxylation is 1. The number of fused-ring (bicyclic) bond motifs is 1. The van der Waals surface area contributed by atoms with Crippen molar-refractivity contribution in [2.45, 2.75) is 6.92 Å². The number of rotatable bonds is 5. The molecule has 194 valence electrons. The standard InChI is InChI=1S/C38H32N2/c1-28-21-23-30(24-22-28)36-18-5-6-19-37(36)39(3)33-15-10-13-31(26-33)32-14-11-16-34(27-32)40-25-9-8-12-29(2)35-17-4-7-20-38(35)40/h4-27H,2H2,1,3H3/b12-8-,25-9-. The fourth-order valence-electron chi connectivity index (χ4n) is 5.27.